The normalized spacial score (nSPS) is 11.2. The van der Waals surface area contributed by atoms with E-state index in [0.717, 1.165) is 0 Å². The molecule has 0 aliphatic rings. The maximum absolute atomic E-state index is 12.3. The van der Waals surface area contributed by atoms with Crippen LogP contribution in [0.2, 0.25) is 0 Å². The van der Waals surface area contributed by atoms with Gasteiger partial charge in [0.25, 0.3) is 0 Å². The van der Waals surface area contributed by atoms with E-state index < -0.39 is 18.0 Å². The second-order valence-corrected chi connectivity index (χ2v) is 5.10. The lowest BCUT2D eigenvalue weighted by molar-refractivity contribution is -0.167. The van der Waals surface area contributed by atoms with E-state index in [1.807, 2.05) is 0 Å². The van der Waals surface area contributed by atoms with Gasteiger partial charge in [0.05, 0.1) is 7.11 Å². The molecule has 0 saturated heterocycles. The summed E-state index contributed by atoms with van der Waals surface area (Å²) in [4.78, 5) is 22.9. The lowest BCUT2D eigenvalue weighted by atomic mass is 10.2. The number of alkyl halides is 3. The average Bonchev–Trinajstić information content (AvgIpc) is 2.59. The minimum atomic E-state index is -4.99. The predicted octanol–water partition coefficient (Wildman–Crippen LogP) is 3.85. The van der Waals surface area contributed by atoms with Gasteiger partial charge in [0.1, 0.15) is 5.75 Å². The summed E-state index contributed by atoms with van der Waals surface area (Å²) in [5.41, 5.74) is 0.842. The van der Waals surface area contributed by atoms with E-state index >= 15 is 0 Å². The average molecular weight is 364 g/mol. The minimum absolute atomic E-state index is 0.0844. The van der Waals surface area contributed by atoms with Crippen molar-refractivity contribution in [2.75, 3.05) is 17.7 Å². The van der Waals surface area contributed by atoms with Gasteiger partial charge in [-0.05, 0) is 30.3 Å². The molecule has 0 heterocycles. The Hall–Kier alpha value is -3.29. The highest BCUT2D eigenvalue weighted by molar-refractivity contribution is 6.02. The number of carbonyl (C=O) groups is 2. The topological polar surface area (TPSA) is 67.4 Å². The van der Waals surface area contributed by atoms with Crippen molar-refractivity contribution >= 4 is 29.3 Å². The number of anilines is 2. The van der Waals surface area contributed by atoms with Gasteiger partial charge in [-0.25, -0.2) is 0 Å². The molecule has 8 heteroatoms. The Kier molecular flexibility index (Phi) is 6.00. The Morgan fingerprint density at radius 3 is 2.31 bits per heavy atom. The molecular weight excluding hydrogens is 349 g/mol. The number of halogens is 3. The lowest BCUT2D eigenvalue weighted by Crippen LogP contribution is -2.29. The third-order valence-electron chi connectivity index (χ3n) is 3.20. The molecule has 0 bridgehead atoms. The van der Waals surface area contributed by atoms with Crippen LogP contribution >= 0.6 is 0 Å². The molecule has 2 rings (SSSR count). The quantitative estimate of drug-likeness (QED) is 0.792. The number of nitrogens with one attached hydrogen (secondary N) is 2. The number of hydrogen-bond donors (Lipinski definition) is 2. The van der Waals surface area contributed by atoms with Gasteiger partial charge in [-0.15, -0.1) is 0 Å². The highest BCUT2D eigenvalue weighted by Gasteiger charge is 2.38. The van der Waals surface area contributed by atoms with Crippen LogP contribution in [-0.4, -0.2) is 25.1 Å². The zero-order valence-corrected chi connectivity index (χ0v) is 13.6. The van der Waals surface area contributed by atoms with E-state index in [9.17, 15) is 22.8 Å². The summed E-state index contributed by atoms with van der Waals surface area (Å²) in [5.74, 6) is -1.99. The van der Waals surface area contributed by atoms with Crippen LogP contribution in [0.25, 0.3) is 6.08 Å². The molecule has 0 unspecified atom stereocenters. The van der Waals surface area contributed by atoms with Crippen LogP contribution in [0.5, 0.6) is 5.75 Å². The molecule has 0 fully saturated rings. The zero-order valence-electron chi connectivity index (χ0n) is 13.6. The molecule has 0 aliphatic heterocycles. The number of hydrogen-bond acceptors (Lipinski definition) is 3. The Bertz CT molecular complexity index is 832. The second-order valence-electron chi connectivity index (χ2n) is 5.10. The van der Waals surface area contributed by atoms with Gasteiger partial charge in [0, 0.05) is 23.0 Å². The third kappa shape index (κ3) is 5.37. The number of amides is 2. The monoisotopic (exact) mass is 364 g/mol. The number of rotatable bonds is 5. The fraction of sp³-hybridized carbons (Fsp3) is 0.111. The largest absolute Gasteiger partial charge is 0.496 e. The van der Waals surface area contributed by atoms with Crippen LogP contribution in [0.15, 0.2) is 54.6 Å². The van der Waals surface area contributed by atoms with Gasteiger partial charge in [0.15, 0.2) is 0 Å². The summed E-state index contributed by atoms with van der Waals surface area (Å²) in [6, 6.07) is 12.5. The van der Waals surface area contributed by atoms with E-state index in [0.29, 0.717) is 11.3 Å². The van der Waals surface area contributed by atoms with Gasteiger partial charge in [0.2, 0.25) is 5.91 Å². The molecule has 2 amide bonds. The van der Waals surface area contributed by atoms with Crippen LogP contribution in [0.1, 0.15) is 5.56 Å². The first-order valence-corrected chi connectivity index (χ1v) is 7.40. The van der Waals surface area contributed by atoms with Gasteiger partial charge < -0.3 is 15.4 Å². The fourth-order valence-electron chi connectivity index (χ4n) is 2.03. The van der Waals surface area contributed by atoms with Crippen molar-refractivity contribution in [1.82, 2.24) is 0 Å². The molecule has 0 aliphatic carbocycles. The van der Waals surface area contributed by atoms with Crippen molar-refractivity contribution in [3.05, 3.63) is 60.2 Å². The molecule has 5 nitrogen and oxygen atoms in total. The Balaban J connectivity index is 2.04. The van der Waals surface area contributed by atoms with Gasteiger partial charge in [-0.2, -0.15) is 13.2 Å². The smallest absolute Gasteiger partial charge is 0.471 e. The van der Waals surface area contributed by atoms with Crippen LogP contribution in [0.3, 0.4) is 0 Å². The first kappa shape index (κ1) is 19.0. The van der Waals surface area contributed by atoms with E-state index in [-0.39, 0.29) is 11.4 Å². The predicted molar refractivity (Wildman–Crippen MR) is 91.8 cm³/mol. The van der Waals surface area contributed by atoms with E-state index in [1.54, 1.807) is 35.7 Å². The van der Waals surface area contributed by atoms with Crippen LogP contribution in [0.4, 0.5) is 24.5 Å². The first-order chi connectivity index (χ1) is 12.3. The van der Waals surface area contributed by atoms with Crippen LogP contribution in [-0.2, 0) is 9.59 Å². The summed E-state index contributed by atoms with van der Waals surface area (Å²) in [6.07, 6.45) is -2.18. The SMILES string of the molecule is COc1ccccc1/C=C/C(=O)Nc1cccc(NC(=O)C(F)(F)F)c1. The van der Waals surface area contributed by atoms with Gasteiger partial charge in [-0.1, -0.05) is 24.3 Å². The zero-order chi connectivity index (χ0) is 19.2. The van der Waals surface area contributed by atoms with Crippen molar-refractivity contribution in [2.24, 2.45) is 0 Å². The minimum Gasteiger partial charge on any atom is -0.496 e. The van der Waals surface area contributed by atoms with Crippen LogP contribution in [0, 0.1) is 0 Å². The standard InChI is InChI=1S/C18H15F3N2O3/c1-26-15-8-3-2-5-12(15)9-10-16(24)22-13-6-4-7-14(11-13)23-17(25)18(19,20)21/h2-11H,1H3,(H,22,24)(H,23,25)/b10-9+. The molecule has 0 saturated carbocycles. The molecule has 2 aromatic carbocycles. The lowest BCUT2D eigenvalue weighted by Gasteiger charge is -2.09. The van der Waals surface area contributed by atoms with Gasteiger partial charge in [-0.3, -0.25) is 9.59 Å². The fourth-order valence-corrected chi connectivity index (χ4v) is 2.03. The van der Waals surface area contributed by atoms with Gasteiger partial charge >= 0.3 is 12.1 Å². The Morgan fingerprint density at radius 2 is 1.65 bits per heavy atom. The number of benzene rings is 2. The molecule has 0 atom stereocenters. The van der Waals surface area contributed by atoms with Crippen molar-refractivity contribution < 1.29 is 27.5 Å². The maximum atomic E-state index is 12.3. The van der Waals surface area contributed by atoms with Crippen molar-refractivity contribution in [3.8, 4) is 5.75 Å². The molecule has 0 spiro atoms. The van der Waals surface area contributed by atoms with Crippen molar-refractivity contribution in [3.63, 3.8) is 0 Å². The molecule has 136 valence electrons. The molecule has 2 N–H and O–H groups in total. The second kappa shape index (κ2) is 8.19. The Morgan fingerprint density at radius 1 is 1.00 bits per heavy atom. The van der Waals surface area contributed by atoms with E-state index in [2.05, 4.69) is 5.32 Å². The van der Waals surface area contributed by atoms with E-state index in [1.165, 1.54) is 37.5 Å². The van der Waals surface area contributed by atoms with Crippen LogP contribution < -0.4 is 15.4 Å². The summed E-state index contributed by atoms with van der Waals surface area (Å²) in [6.45, 7) is 0. The highest BCUT2D eigenvalue weighted by Crippen LogP contribution is 2.21. The summed E-state index contributed by atoms with van der Waals surface area (Å²) < 4.78 is 42.0. The maximum Gasteiger partial charge on any atom is 0.471 e. The summed E-state index contributed by atoms with van der Waals surface area (Å²) >= 11 is 0. The van der Waals surface area contributed by atoms with E-state index in [4.69, 9.17) is 4.74 Å². The molecule has 0 aromatic heterocycles. The number of para-hydroxylation sites is 1. The number of methoxy groups -OCH3 is 1. The summed E-state index contributed by atoms with van der Waals surface area (Å²) in [7, 11) is 1.51. The number of ether oxygens (including phenoxy) is 1. The molecular formula is C18H15F3N2O3. The third-order valence-corrected chi connectivity index (χ3v) is 3.20. The molecule has 26 heavy (non-hydrogen) atoms. The summed E-state index contributed by atoms with van der Waals surface area (Å²) in [5, 5.41) is 4.22. The number of carbonyl (C=O) groups excluding carboxylic acids is 2. The van der Waals surface area contributed by atoms with Crippen molar-refractivity contribution in [1.29, 1.82) is 0 Å². The highest BCUT2D eigenvalue weighted by atomic mass is 19.4. The molecule has 2 aromatic rings. The first-order valence-electron chi connectivity index (χ1n) is 7.40. The Labute approximate surface area is 147 Å². The molecule has 0 radical (unpaired) electrons. The van der Waals surface area contributed by atoms with Crippen molar-refractivity contribution in [2.45, 2.75) is 6.18 Å².